The monoisotopic (exact) mass is 289 g/mol. The van der Waals surface area contributed by atoms with Crippen LogP contribution in [-0.2, 0) is 9.53 Å². The van der Waals surface area contributed by atoms with Crippen LogP contribution < -0.4 is 11.1 Å². The Morgan fingerprint density at radius 1 is 1.57 bits per heavy atom. The lowest BCUT2D eigenvalue weighted by Gasteiger charge is -2.60. The van der Waals surface area contributed by atoms with E-state index in [2.05, 4.69) is 10.3 Å². The maximum Gasteiger partial charge on any atom is 0.241 e. The number of nitrogens with two attached hydrogens (primary N) is 1. The minimum Gasteiger partial charge on any atom is -0.377 e. The number of nitrogens with one attached hydrogen (secondary N) is 1. The first kappa shape index (κ1) is 14.5. The van der Waals surface area contributed by atoms with E-state index in [0.29, 0.717) is 6.61 Å². The second-order valence-corrected chi connectivity index (χ2v) is 6.76. The quantitative estimate of drug-likeness (QED) is 0.882. The molecule has 0 bridgehead atoms. The summed E-state index contributed by atoms with van der Waals surface area (Å²) in [4.78, 5) is 16.9. The van der Waals surface area contributed by atoms with Gasteiger partial charge in [-0.05, 0) is 25.0 Å². The predicted octanol–water partition coefficient (Wildman–Crippen LogP) is 1.40. The molecule has 1 aliphatic carbocycles. The summed E-state index contributed by atoms with van der Waals surface area (Å²) in [5, 5.41) is 3.05. The van der Waals surface area contributed by atoms with Gasteiger partial charge in [0.15, 0.2) is 0 Å². The fraction of sp³-hybridized carbons (Fsp3) is 0.625. The molecule has 114 valence electrons. The van der Waals surface area contributed by atoms with Crippen LogP contribution in [0.3, 0.4) is 0 Å². The molecule has 0 spiro atoms. The van der Waals surface area contributed by atoms with E-state index in [-0.39, 0.29) is 29.4 Å². The van der Waals surface area contributed by atoms with Gasteiger partial charge in [-0.1, -0.05) is 19.9 Å². The van der Waals surface area contributed by atoms with Crippen molar-refractivity contribution in [1.29, 1.82) is 0 Å². The van der Waals surface area contributed by atoms with E-state index in [4.69, 9.17) is 10.5 Å². The highest BCUT2D eigenvalue weighted by atomic mass is 16.5. The molecule has 4 atom stereocenters. The summed E-state index contributed by atoms with van der Waals surface area (Å²) >= 11 is 0. The lowest BCUT2D eigenvalue weighted by atomic mass is 9.48. The molecule has 5 heteroatoms. The van der Waals surface area contributed by atoms with Gasteiger partial charge in [-0.25, -0.2) is 0 Å². The summed E-state index contributed by atoms with van der Waals surface area (Å²) in [7, 11) is 0. The number of ether oxygens (including phenoxy) is 1. The van der Waals surface area contributed by atoms with E-state index in [9.17, 15) is 4.79 Å². The average molecular weight is 289 g/mol. The fourth-order valence-electron chi connectivity index (χ4n) is 3.88. The molecular weight excluding hydrogens is 266 g/mol. The third-order valence-electron chi connectivity index (χ3n) is 5.36. The van der Waals surface area contributed by atoms with Crippen LogP contribution in [0.2, 0.25) is 0 Å². The highest BCUT2D eigenvalue weighted by Crippen LogP contribution is 2.58. The molecular formula is C16H23N3O2. The number of hydrogen-bond donors (Lipinski definition) is 2. The highest BCUT2D eigenvalue weighted by molar-refractivity contribution is 5.89. The summed E-state index contributed by atoms with van der Waals surface area (Å²) in [5.74, 6) is 0.0317. The van der Waals surface area contributed by atoms with Gasteiger partial charge in [0.05, 0.1) is 12.1 Å². The number of carbonyl (C=O) groups excluding carboxylic acids is 1. The van der Waals surface area contributed by atoms with Gasteiger partial charge >= 0.3 is 0 Å². The SMILES string of the molecule is C[C@@H](NC(=O)C1(N)C2CCOC2C1(C)C)c1cccnc1. The number of hydrogen-bond acceptors (Lipinski definition) is 4. The van der Waals surface area contributed by atoms with E-state index in [1.54, 1.807) is 12.4 Å². The smallest absolute Gasteiger partial charge is 0.241 e. The summed E-state index contributed by atoms with van der Waals surface area (Å²) in [6, 6.07) is 3.71. The van der Waals surface area contributed by atoms with Gasteiger partial charge in [0.1, 0.15) is 5.54 Å². The van der Waals surface area contributed by atoms with Crippen LogP contribution in [0.1, 0.15) is 38.8 Å². The Morgan fingerprint density at radius 3 is 3.00 bits per heavy atom. The van der Waals surface area contributed by atoms with Crippen molar-refractivity contribution >= 4 is 5.91 Å². The molecule has 2 heterocycles. The van der Waals surface area contributed by atoms with E-state index >= 15 is 0 Å². The first-order valence-electron chi connectivity index (χ1n) is 7.50. The van der Waals surface area contributed by atoms with Crippen LogP contribution in [0.5, 0.6) is 0 Å². The Balaban J connectivity index is 1.76. The highest BCUT2D eigenvalue weighted by Gasteiger charge is 2.71. The van der Waals surface area contributed by atoms with Crippen molar-refractivity contribution < 1.29 is 9.53 Å². The van der Waals surface area contributed by atoms with Crippen LogP contribution >= 0.6 is 0 Å². The maximum atomic E-state index is 12.8. The number of aromatic nitrogens is 1. The zero-order valence-corrected chi connectivity index (χ0v) is 12.8. The predicted molar refractivity (Wildman–Crippen MR) is 79.3 cm³/mol. The van der Waals surface area contributed by atoms with E-state index in [0.717, 1.165) is 12.0 Å². The number of nitrogens with zero attached hydrogens (tertiary/aromatic N) is 1. The Bertz CT molecular complexity index is 546. The molecule has 0 aromatic carbocycles. The molecule has 2 fully saturated rings. The van der Waals surface area contributed by atoms with Gasteiger partial charge in [0.25, 0.3) is 0 Å². The number of fused-ring (bicyclic) bond motifs is 1. The molecule has 1 amide bonds. The standard InChI is InChI=1S/C16H23N3O2/c1-10(11-5-4-7-18-9-11)19-14(20)16(17)12-6-8-21-13(12)15(16,2)3/h4-5,7,9-10,12-13H,6,8,17H2,1-3H3,(H,19,20)/t10-,12?,13?,16?/m1/s1. The molecule has 3 rings (SSSR count). The molecule has 3 N–H and O–H groups in total. The van der Waals surface area contributed by atoms with Crippen molar-refractivity contribution in [1.82, 2.24) is 10.3 Å². The van der Waals surface area contributed by atoms with E-state index in [1.165, 1.54) is 0 Å². The lowest BCUT2D eigenvalue weighted by molar-refractivity contribution is -0.175. The molecule has 1 aromatic rings. The lowest BCUT2D eigenvalue weighted by Crippen LogP contribution is -2.80. The summed E-state index contributed by atoms with van der Waals surface area (Å²) in [6.45, 7) is 6.69. The molecule has 1 saturated heterocycles. The molecule has 1 saturated carbocycles. The summed E-state index contributed by atoms with van der Waals surface area (Å²) in [6.07, 6.45) is 4.45. The van der Waals surface area contributed by atoms with Crippen molar-refractivity contribution in [3.05, 3.63) is 30.1 Å². The normalized spacial score (nSPS) is 34.7. The molecule has 5 nitrogen and oxygen atoms in total. The van der Waals surface area contributed by atoms with Crippen molar-refractivity contribution in [2.45, 2.75) is 44.9 Å². The van der Waals surface area contributed by atoms with Gasteiger partial charge in [-0.2, -0.15) is 0 Å². The third kappa shape index (κ3) is 1.91. The minimum atomic E-state index is -0.857. The minimum absolute atomic E-state index is 0.0874. The second kappa shape index (κ2) is 4.78. The van der Waals surface area contributed by atoms with E-state index in [1.807, 2.05) is 32.9 Å². The first-order chi connectivity index (χ1) is 9.89. The van der Waals surface area contributed by atoms with Crippen molar-refractivity contribution in [3.8, 4) is 0 Å². The van der Waals surface area contributed by atoms with Crippen LogP contribution in [0.4, 0.5) is 0 Å². The molecule has 21 heavy (non-hydrogen) atoms. The average Bonchev–Trinajstić information content (AvgIpc) is 2.95. The zero-order valence-electron chi connectivity index (χ0n) is 12.8. The molecule has 3 unspecified atom stereocenters. The second-order valence-electron chi connectivity index (χ2n) is 6.76. The Morgan fingerprint density at radius 2 is 2.33 bits per heavy atom. The molecule has 1 aromatic heterocycles. The van der Waals surface area contributed by atoms with Gasteiger partial charge in [0, 0.05) is 30.3 Å². The number of carbonyl (C=O) groups is 1. The number of pyridine rings is 1. The third-order valence-corrected chi connectivity index (χ3v) is 5.36. The van der Waals surface area contributed by atoms with Gasteiger partial charge < -0.3 is 15.8 Å². The number of rotatable bonds is 3. The molecule has 1 aliphatic heterocycles. The largest absolute Gasteiger partial charge is 0.377 e. The Kier molecular flexibility index (Phi) is 3.30. The Hall–Kier alpha value is -1.46. The van der Waals surface area contributed by atoms with Gasteiger partial charge in [-0.15, -0.1) is 0 Å². The number of amides is 1. The summed E-state index contributed by atoms with van der Waals surface area (Å²) < 4.78 is 5.73. The fourth-order valence-corrected chi connectivity index (χ4v) is 3.88. The maximum absolute atomic E-state index is 12.8. The Labute approximate surface area is 125 Å². The van der Waals surface area contributed by atoms with Crippen molar-refractivity contribution in [3.63, 3.8) is 0 Å². The van der Waals surface area contributed by atoms with Gasteiger partial charge in [0.2, 0.25) is 5.91 Å². The van der Waals surface area contributed by atoms with Crippen molar-refractivity contribution in [2.24, 2.45) is 17.1 Å². The summed E-state index contributed by atoms with van der Waals surface area (Å²) in [5.41, 5.74) is 6.31. The van der Waals surface area contributed by atoms with Crippen molar-refractivity contribution in [2.75, 3.05) is 6.61 Å². The topological polar surface area (TPSA) is 77.2 Å². The zero-order chi connectivity index (χ0) is 15.3. The first-order valence-corrected chi connectivity index (χ1v) is 7.50. The van der Waals surface area contributed by atoms with Crippen LogP contribution in [-0.4, -0.2) is 29.1 Å². The molecule has 2 aliphatic rings. The van der Waals surface area contributed by atoms with E-state index < -0.39 is 5.54 Å². The van der Waals surface area contributed by atoms with Gasteiger partial charge in [-0.3, -0.25) is 9.78 Å². The van der Waals surface area contributed by atoms with Crippen LogP contribution in [0.25, 0.3) is 0 Å². The van der Waals surface area contributed by atoms with Crippen LogP contribution in [0.15, 0.2) is 24.5 Å². The van der Waals surface area contributed by atoms with Crippen LogP contribution in [0, 0.1) is 11.3 Å². The molecule has 0 radical (unpaired) electrons.